The average molecular weight is 341 g/mol. The summed E-state index contributed by atoms with van der Waals surface area (Å²) in [4.78, 5) is 11.9. The smallest absolute Gasteiger partial charge is 0.323 e. The van der Waals surface area contributed by atoms with E-state index in [4.69, 9.17) is 9.47 Å². The molecule has 134 valence electrons. The van der Waals surface area contributed by atoms with Crippen LogP contribution in [-0.2, 0) is 22.6 Å². The molecule has 0 radical (unpaired) electrons. The van der Waals surface area contributed by atoms with Crippen LogP contribution in [0.1, 0.15) is 30.9 Å². The fourth-order valence-corrected chi connectivity index (χ4v) is 2.53. The van der Waals surface area contributed by atoms with Gasteiger partial charge in [0, 0.05) is 0 Å². The summed E-state index contributed by atoms with van der Waals surface area (Å²) in [5, 5.41) is 3.28. The Bertz CT molecular complexity index is 625. The molecular formula is C21H27NO3. The van der Waals surface area contributed by atoms with Crippen molar-refractivity contribution in [2.75, 3.05) is 13.7 Å². The Hall–Kier alpha value is -2.33. The number of hydrogen-bond donors (Lipinski definition) is 1. The van der Waals surface area contributed by atoms with Crippen LogP contribution in [0.4, 0.5) is 0 Å². The van der Waals surface area contributed by atoms with Gasteiger partial charge in [0.05, 0.1) is 7.11 Å². The number of ether oxygens (including phenoxy) is 2. The third-order valence-corrected chi connectivity index (χ3v) is 4.02. The Labute approximate surface area is 150 Å². The van der Waals surface area contributed by atoms with Crippen molar-refractivity contribution in [2.45, 2.75) is 38.8 Å². The van der Waals surface area contributed by atoms with Crippen molar-refractivity contribution in [1.82, 2.24) is 5.32 Å². The number of methoxy groups -OCH3 is 1. The van der Waals surface area contributed by atoms with E-state index >= 15 is 0 Å². The highest BCUT2D eigenvalue weighted by atomic mass is 16.5. The quantitative estimate of drug-likeness (QED) is 0.528. The second kappa shape index (κ2) is 10.5. The largest absolute Gasteiger partial charge is 0.489 e. The van der Waals surface area contributed by atoms with E-state index < -0.39 is 0 Å². The zero-order valence-electron chi connectivity index (χ0n) is 15.0. The van der Waals surface area contributed by atoms with Gasteiger partial charge >= 0.3 is 5.97 Å². The molecule has 0 aliphatic rings. The van der Waals surface area contributed by atoms with Crippen molar-refractivity contribution in [3.05, 3.63) is 65.7 Å². The van der Waals surface area contributed by atoms with E-state index in [-0.39, 0.29) is 12.0 Å². The van der Waals surface area contributed by atoms with Gasteiger partial charge in [-0.15, -0.1) is 0 Å². The minimum atomic E-state index is -0.312. The number of carbonyl (C=O) groups excluding carboxylic acids is 1. The Morgan fingerprint density at radius 1 is 1.04 bits per heavy atom. The van der Waals surface area contributed by atoms with E-state index in [1.807, 2.05) is 54.6 Å². The second-order valence-corrected chi connectivity index (χ2v) is 6.01. The lowest BCUT2D eigenvalue weighted by molar-refractivity contribution is -0.143. The zero-order chi connectivity index (χ0) is 17.9. The first-order valence-electron chi connectivity index (χ1n) is 8.79. The van der Waals surface area contributed by atoms with E-state index in [0.29, 0.717) is 13.0 Å². The molecule has 0 amide bonds. The number of esters is 1. The van der Waals surface area contributed by atoms with Gasteiger partial charge in [-0.3, -0.25) is 4.79 Å². The zero-order valence-corrected chi connectivity index (χ0v) is 15.0. The summed E-state index contributed by atoms with van der Waals surface area (Å²) in [6.45, 7) is 3.49. The van der Waals surface area contributed by atoms with Gasteiger partial charge in [0.25, 0.3) is 0 Å². The maximum atomic E-state index is 11.9. The van der Waals surface area contributed by atoms with E-state index in [2.05, 4.69) is 12.2 Å². The maximum Gasteiger partial charge on any atom is 0.323 e. The molecule has 0 unspecified atom stereocenters. The summed E-state index contributed by atoms with van der Waals surface area (Å²) >= 11 is 0. The van der Waals surface area contributed by atoms with Crippen molar-refractivity contribution in [3.8, 4) is 5.75 Å². The third kappa shape index (κ3) is 6.59. The molecule has 25 heavy (non-hydrogen) atoms. The molecule has 1 atom stereocenters. The molecule has 0 aromatic heterocycles. The molecule has 0 aliphatic heterocycles. The highest BCUT2D eigenvalue weighted by Crippen LogP contribution is 2.15. The summed E-state index contributed by atoms with van der Waals surface area (Å²) in [7, 11) is 1.43. The van der Waals surface area contributed by atoms with E-state index in [1.54, 1.807) is 0 Å². The molecule has 0 aliphatic carbocycles. The molecule has 2 aromatic rings. The lowest BCUT2D eigenvalue weighted by Gasteiger charge is -2.16. The Balaban J connectivity index is 1.89. The molecule has 4 heteroatoms. The highest BCUT2D eigenvalue weighted by Gasteiger charge is 2.18. The van der Waals surface area contributed by atoms with Gasteiger partial charge in [0.2, 0.25) is 0 Å². The van der Waals surface area contributed by atoms with Crippen LogP contribution >= 0.6 is 0 Å². The lowest BCUT2D eigenvalue weighted by atomic mass is 10.1. The van der Waals surface area contributed by atoms with Crippen molar-refractivity contribution in [2.24, 2.45) is 0 Å². The van der Waals surface area contributed by atoms with Crippen LogP contribution < -0.4 is 10.1 Å². The minimum absolute atomic E-state index is 0.222. The van der Waals surface area contributed by atoms with Crippen molar-refractivity contribution in [3.63, 3.8) is 0 Å². The number of benzene rings is 2. The van der Waals surface area contributed by atoms with Crippen LogP contribution in [0.15, 0.2) is 54.6 Å². The molecule has 2 rings (SSSR count). The van der Waals surface area contributed by atoms with Gasteiger partial charge < -0.3 is 14.8 Å². The summed E-state index contributed by atoms with van der Waals surface area (Å²) < 4.78 is 10.7. The molecule has 0 saturated carbocycles. The van der Waals surface area contributed by atoms with Crippen LogP contribution in [0.2, 0.25) is 0 Å². The average Bonchev–Trinajstić information content (AvgIpc) is 2.67. The first-order chi connectivity index (χ1) is 12.2. The molecule has 0 fully saturated rings. The summed E-state index contributed by atoms with van der Waals surface area (Å²) in [6.07, 6.45) is 2.74. The van der Waals surface area contributed by atoms with Gasteiger partial charge in [-0.05, 0) is 42.6 Å². The van der Waals surface area contributed by atoms with E-state index in [9.17, 15) is 4.79 Å². The summed E-state index contributed by atoms with van der Waals surface area (Å²) in [6, 6.07) is 17.6. The summed E-state index contributed by atoms with van der Waals surface area (Å²) in [5.41, 5.74) is 2.21. The van der Waals surface area contributed by atoms with E-state index in [1.165, 1.54) is 7.11 Å². The van der Waals surface area contributed by atoms with Gasteiger partial charge in [-0.25, -0.2) is 0 Å². The standard InChI is InChI=1S/C21H27NO3/c1-3-4-14-22-20(21(23)24-2)15-17-10-12-19(13-11-17)25-16-18-8-6-5-7-9-18/h5-13,20,22H,3-4,14-16H2,1-2H3/t20-/m0/s1. The van der Waals surface area contributed by atoms with E-state index in [0.717, 1.165) is 36.3 Å². The highest BCUT2D eigenvalue weighted by molar-refractivity contribution is 5.76. The molecule has 0 bridgehead atoms. The fourth-order valence-electron chi connectivity index (χ4n) is 2.53. The first kappa shape index (κ1) is 19.0. The number of carbonyl (C=O) groups is 1. The van der Waals surface area contributed by atoms with Crippen LogP contribution in [0.3, 0.4) is 0 Å². The van der Waals surface area contributed by atoms with Gasteiger partial charge in [0.1, 0.15) is 18.4 Å². The molecule has 0 saturated heterocycles. The van der Waals surface area contributed by atoms with Crippen molar-refractivity contribution < 1.29 is 14.3 Å². The predicted octanol–water partition coefficient (Wildman–Crippen LogP) is 3.74. The fraction of sp³-hybridized carbons (Fsp3) is 0.381. The molecule has 0 spiro atoms. The minimum Gasteiger partial charge on any atom is -0.489 e. The van der Waals surface area contributed by atoms with Gasteiger partial charge in [-0.2, -0.15) is 0 Å². The van der Waals surface area contributed by atoms with Crippen LogP contribution in [-0.4, -0.2) is 25.7 Å². The second-order valence-electron chi connectivity index (χ2n) is 6.01. The van der Waals surface area contributed by atoms with Gasteiger partial charge in [0.15, 0.2) is 0 Å². The molecular weight excluding hydrogens is 314 g/mol. The number of nitrogens with one attached hydrogen (secondary N) is 1. The molecule has 4 nitrogen and oxygen atoms in total. The van der Waals surface area contributed by atoms with Crippen molar-refractivity contribution >= 4 is 5.97 Å². The van der Waals surface area contributed by atoms with Crippen LogP contribution in [0, 0.1) is 0 Å². The Morgan fingerprint density at radius 3 is 2.40 bits per heavy atom. The van der Waals surface area contributed by atoms with Crippen LogP contribution in [0.5, 0.6) is 5.75 Å². The normalized spacial score (nSPS) is 11.8. The molecule has 0 heterocycles. The maximum absolute atomic E-state index is 11.9. The monoisotopic (exact) mass is 341 g/mol. The lowest BCUT2D eigenvalue weighted by Crippen LogP contribution is -2.39. The SMILES string of the molecule is CCCCN[C@@H](Cc1ccc(OCc2ccccc2)cc1)C(=O)OC. The van der Waals surface area contributed by atoms with Crippen LogP contribution in [0.25, 0.3) is 0 Å². The third-order valence-electron chi connectivity index (χ3n) is 4.02. The summed E-state index contributed by atoms with van der Waals surface area (Å²) in [5.74, 6) is 0.599. The number of hydrogen-bond acceptors (Lipinski definition) is 4. The topological polar surface area (TPSA) is 47.6 Å². The van der Waals surface area contributed by atoms with Gasteiger partial charge in [-0.1, -0.05) is 55.8 Å². The Kier molecular flexibility index (Phi) is 7.99. The first-order valence-corrected chi connectivity index (χ1v) is 8.79. The number of rotatable bonds is 10. The predicted molar refractivity (Wildman–Crippen MR) is 99.6 cm³/mol. The molecule has 2 aromatic carbocycles. The van der Waals surface area contributed by atoms with Crippen molar-refractivity contribution in [1.29, 1.82) is 0 Å². The molecule has 1 N–H and O–H groups in total. The number of unbranched alkanes of at least 4 members (excludes halogenated alkanes) is 1. The Morgan fingerprint density at radius 2 is 1.76 bits per heavy atom.